The number of carbonyl (C=O) groups excluding carboxylic acids is 1. The van der Waals surface area contributed by atoms with Crippen molar-refractivity contribution in [3.63, 3.8) is 0 Å². The molecule has 0 bridgehead atoms. The van der Waals surface area contributed by atoms with Crippen molar-refractivity contribution in [2.75, 3.05) is 32.6 Å². The Morgan fingerprint density at radius 1 is 1.36 bits per heavy atom. The molecule has 1 aliphatic heterocycles. The molecule has 2 N–H and O–H groups in total. The molecule has 2 atom stereocenters. The average Bonchev–Trinajstić information content (AvgIpc) is 3.17. The minimum Gasteiger partial charge on any atom is -0.497 e. The van der Waals surface area contributed by atoms with Crippen LogP contribution in [-0.4, -0.2) is 48.0 Å². The molecule has 6 nitrogen and oxygen atoms in total. The molecule has 0 saturated carbocycles. The summed E-state index contributed by atoms with van der Waals surface area (Å²) in [6.07, 6.45) is 0.867. The fraction of sp³-hybridized carbons (Fsp3) is 0.474. The van der Waals surface area contributed by atoms with E-state index in [2.05, 4.69) is 29.2 Å². The molecule has 3 rings (SSSR count). The standard InChI is InChI=1S/C19H26N4O2/c1-5-17-20-12(2)18(22-17)15-10-23(3)11-16(15)19(24)21-13-6-8-14(25-4)9-7-13/h6-9,15-16H,5,10-11H2,1-4H3,(H,20,22)(H,21,24)/t15-,16-/m0/s1. The van der Waals surface area contributed by atoms with Crippen LogP contribution in [0.5, 0.6) is 5.75 Å². The van der Waals surface area contributed by atoms with Crippen LogP contribution in [0.15, 0.2) is 24.3 Å². The number of rotatable bonds is 5. The van der Waals surface area contributed by atoms with Crippen molar-refractivity contribution in [1.82, 2.24) is 14.9 Å². The van der Waals surface area contributed by atoms with Crippen LogP contribution in [-0.2, 0) is 11.2 Å². The van der Waals surface area contributed by atoms with Gasteiger partial charge in [0, 0.05) is 36.8 Å². The number of aromatic nitrogens is 2. The highest BCUT2D eigenvalue weighted by Crippen LogP contribution is 2.33. The Bertz CT molecular complexity index is 738. The van der Waals surface area contributed by atoms with Crippen LogP contribution in [0.3, 0.4) is 0 Å². The number of aromatic amines is 1. The molecule has 6 heteroatoms. The number of ether oxygens (including phenoxy) is 1. The largest absolute Gasteiger partial charge is 0.497 e. The maximum Gasteiger partial charge on any atom is 0.229 e. The van der Waals surface area contributed by atoms with Gasteiger partial charge < -0.3 is 19.9 Å². The van der Waals surface area contributed by atoms with Gasteiger partial charge in [0.25, 0.3) is 0 Å². The van der Waals surface area contributed by atoms with Crippen molar-refractivity contribution in [1.29, 1.82) is 0 Å². The smallest absolute Gasteiger partial charge is 0.229 e. The first kappa shape index (κ1) is 17.5. The summed E-state index contributed by atoms with van der Waals surface area (Å²) in [7, 11) is 3.68. The second-order valence-corrected chi connectivity index (χ2v) is 6.70. The minimum absolute atomic E-state index is 0.0416. The SMILES string of the molecule is CCc1nc([C@H]2CN(C)C[C@@H]2C(=O)Nc2ccc(OC)cc2)c(C)[nH]1. The van der Waals surface area contributed by atoms with Crippen molar-refractivity contribution < 1.29 is 9.53 Å². The Morgan fingerprint density at radius 2 is 2.08 bits per heavy atom. The van der Waals surface area contributed by atoms with Gasteiger partial charge in [-0.1, -0.05) is 6.92 Å². The highest BCUT2D eigenvalue weighted by Gasteiger charge is 2.39. The van der Waals surface area contributed by atoms with Crippen LogP contribution < -0.4 is 10.1 Å². The van der Waals surface area contributed by atoms with E-state index in [0.29, 0.717) is 0 Å². The molecular weight excluding hydrogens is 316 g/mol. The molecule has 1 saturated heterocycles. The molecule has 25 heavy (non-hydrogen) atoms. The zero-order valence-corrected chi connectivity index (χ0v) is 15.3. The molecule has 0 unspecified atom stereocenters. The second-order valence-electron chi connectivity index (χ2n) is 6.70. The van der Waals surface area contributed by atoms with E-state index in [4.69, 9.17) is 9.72 Å². The van der Waals surface area contributed by atoms with Crippen molar-refractivity contribution in [2.45, 2.75) is 26.2 Å². The minimum atomic E-state index is -0.112. The van der Waals surface area contributed by atoms with Crippen molar-refractivity contribution >= 4 is 11.6 Å². The summed E-state index contributed by atoms with van der Waals surface area (Å²) >= 11 is 0. The van der Waals surface area contributed by atoms with Crippen LogP contribution in [0, 0.1) is 12.8 Å². The Morgan fingerprint density at radius 3 is 2.68 bits per heavy atom. The Labute approximate surface area is 148 Å². The van der Waals surface area contributed by atoms with Gasteiger partial charge in [0.2, 0.25) is 5.91 Å². The van der Waals surface area contributed by atoms with E-state index < -0.39 is 0 Å². The molecule has 0 radical (unpaired) electrons. The first-order valence-corrected chi connectivity index (χ1v) is 8.70. The van der Waals surface area contributed by atoms with Crippen LogP contribution in [0.2, 0.25) is 0 Å². The Kier molecular flexibility index (Phi) is 5.08. The predicted molar refractivity (Wildman–Crippen MR) is 98.1 cm³/mol. The summed E-state index contributed by atoms with van der Waals surface area (Å²) in [5.74, 6) is 1.80. The third-order valence-electron chi connectivity index (χ3n) is 4.85. The summed E-state index contributed by atoms with van der Waals surface area (Å²) in [5, 5.41) is 3.04. The number of hydrogen-bond acceptors (Lipinski definition) is 4. The lowest BCUT2D eigenvalue weighted by Gasteiger charge is -2.17. The summed E-state index contributed by atoms with van der Waals surface area (Å²) < 4.78 is 5.16. The monoisotopic (exact) mass is 342 g/mol. The van der Waals surface area contributed by atoms with Gasteiger partial charge in [0.15, 0.2) is 0 Å². The molecule has 1 aromatic carbocycles. The second kappa shape index (κ2) is 7.27. The molecule has 1 aliphatic rings. The summed E-state index contributed by atoms with van der Waals surface area (Å²) in [4.78, 5) is 23.1. The lowest BCUT2D eigenvalue weighted by molar-refractivity contribution is -0.119. The number of amides is 1. The van der Waals surface area contributed by atoms with Gasteiger partial charge in [-0.3, -0.25) is 4.79 Å². The van der Waals surface area contributed by atoms with Crippen LogP contribution >= 0.6 is 0 Å². The highest BCUT2D eigenvalue weighted by molar-refractivity contribution is 5.93. The van der Waals surface area contributed by atoms with E-state index in [9.17, 15) is 4.79 Å². The zero-order valence-electron chi connectivity index (χ0n) is 15.3. The molecule has 0 aliphatic carbocycles. The predicted octanol–water partition coefficient (Wildman–Crippen LogP) is 2.57. The van der Waals surface area contributed by atoms with Crippen molar-refractivity contribution in [3.8, 4) is 5.75 Å². The molecule has 1 amide bonds. The van der Waals surface area contributed by atoms with Crippen LogP contribution in [0.25, 0.3) is 0 Å². The fourth-order valence-electron chi connectivity index (χ4n) is 3.52. The van der Waals surface area contributed by atoms with Gasteiger partial charge in [-0.15, -0.1) is 0 Å². The molecule has 0 spiro atoms. The Balaban J connectivity index is 1.78. The zero-order chi connectivity index (χ0) is 18.0. The first-order chi connectivity index (χ1) is 12.0. The van der Waals surface area contributed by atoms with E-state index in [-0.39, 0.29) is 17.7 Å². The maximum absolute atomic E-state index is 12.9. The summed E-state index contributed by atoms with van der Waals surface area (Å²) in [6, 6.07) is 7.41. The number of carbonyl (C=O) groups is 1. The number of H-pyrrole nitrogens is 1. The van der Waals surface area contributed by atoms with E-state index >= 15 is 0 Å². The van der Waals surface area contributed by atoms with Gasteiger partial charge in [-0.2, -0.15) is 0 Å². The fourth-order valence-corrected chi connectivity index (χ4v) is 3.52. The number of hydrogen-bond donors (Lipinski definition) is 2. The van der Waals surface area contributed by atoms with E-state index in [1.165, 1.54) is 0 Å². The lowest BCUT2D eigenvalue weighted by Crippen LogP contribution is -2.28. The Hall–Kier alpha value is -2.34. The topological polar surface area (TPSA) is 70.2 Å². The number of methoxy groups -OCH3 is 1. The van der Waals surface area contributed by atoms with Gasteiger partial charge in [-0.05, 0) is 38.2 Å². The molecule has 1 aromatic heterocycles. The van der Waals surface area contributed by atoms with Crippen LogP contribution in [0.4, 0.5) is 5.69 Å². The van der Waals surface area contributed by atoms with Gasteiger partial charge in [0.1, 0.15) is 11.6 Å². The molecular formula is C19H26N4O2. The normalized spacial score (nSPS) is 20.6. The number of likely N-dealkylation sites (N-methyl/N-ethyl adjacent to an activating group) is 1. The number of anilines is 1. The molecule has 2 aromatic rings. The third kappa shape index (κ3) is 3.69. The van der Waals surface area contributed by atoms with E-state index in [1.807, 2.05) is 31.2 Å². The van der Waals surface area contributed by atoms with E-state index in [0.717, 1.165) is 48.2 Å². The maximum atomic E-state index is 12.9. The summed E-state index contributed by atoms with van der Waals surface area (Å²) in [5.41, 5.74) is 2.88. The average molecular weight is 342 g/mol. The summed E-state index contributed by atoms with van der Waals surface area (Å²) in [6.45, 7) is 5.70. The molecule has 2 heterocycles. The highest BCUT2D eigenvalue weighted by atomic mass is 16.5. The molecule has 1 fully saturated rings. The third-order valence-corrected chi connectivity index (χ3v) is 4.85. The van der Waals surface area contributed by atoms with Gasteiger partial charge in [-0.25, -0.2) is 4.98 Å². The number of benzene rings is 1. The van der Waals surface area contributed by atoms with Crippen molar-refractivity contribution in [2.24, 2.45) is 5.92 Å². The van der Waals surface area contributed by atoms with Crippen LogP contribution in [0.1, 0.15) is 30.1 Å². The number of likely N-dealkylation sites (tertiary alicyclic amines) is 1. The van der Waals surface area contributed by atoms with E-state index in [1.54, 1.807) is 7.11 Å². The first-order valence-electron chi connectivity index (χ1n) is 8.70. The number of imidazole rings is 1. The molecule has 134 valence electrons. The lowest BCUT2D eigenvalue weighted by atomic mass is 9.91. The van der Waals surface area contributed by atoms with Crippen molar-refractivity contribution in [3.05, 3.63) is 41.5 Å². The van der Waals surface area contributed by atoms with Gasteiger partial charge >= 0.3 is 0 Å². The number of nitrogens with zero attached hydrogens (tertiary/aromatic N) is 2. The number of nitrogens with one attached hydrogen (secondary N) is 2. The quantitative estimate of drug-likeness (QED) is 0.876. The van der Waals surface area contributed by atoms with Gasteiger partial charge in [0.05, 0.1) is 18.7 Å². The number of aryl methyl sites for hydroxylation is 2.